The zero-order valence-corrected chi connectivity index (χ0v) is 11.9. The lowest BCUT2D eigenvalue weighted by molar-refractivity contribution is 0.102. The molecule has 1 amide bonds. The van der Waals surface area contributed by atoms with Gasteiger partial charge in [0, 0.05) is 11.3 Å². The first-order valence-electron chi connectivity index (χ1n) is 6.86. The van der Waals surface area contributed by atoms with Gasteiger partial charge in [-0.15, -0.1) is 0 Å². The van der Waals surface area contributed by atoms with E-state index in [0.29, 0.717) is 17.0 Å². The van der Waals surface area contributed by atoms with Gasteiger partial charge in [0.15, 0.2) is 0 Å². The number of carbonyl (C=O) groups excluding carboxylic acids is 1. The van der Waals surface area contributed by atoms with Crippen molar-refractivity contribution in [3.8, 4) is 0 Å². The van der Waals surface area contributed by atoms with Gasteiger partial charge in [-0.25, -0.2) is 0 Å². The number of carbonyl (C=O) groups is 1. The number of hydrogen-bond acceptors (Lipinski definition) is 3. The lowest BCUT2D eigenvalue weighted by atomic mass is 10.0. The quantitative estimate of drug-likeness (QED) is 0.773. The fourth-order valence-corrected chi connectivity index (χ4v) is 2.29. The van der Waals surface area contributed by atoms with Crippen LogP contribution in [-0.4, -0.2) is 21.3 Å². The molecule has 5 heteroatoms. The van der Waals surface area contributed by atoms with E-state index in [1.807, 2.05) is 24.3 Å². The summed E-state index contributed by atoms with van der Waals surface area (Å²) in [5.74, 6) is 0.201. The number of nitrogens with one attached hydrogen (secondary N) is 2. The predicted octanol–water partition coefficient (Wildman–Crippen LogP) is 3.33. The van der Waals surface area contributed by atoms with E-state index in [1.54, 1.807) is 18.2 Å². The lowest BCUT2D eigenvalue weighted by Gasteiger charge is -2.13. The van der Waals surface area contributed by atoms with Crippen molar-refractivity contribution in [2.75, 3.05) is 5.32 Å². The van der Waals surface area contributed by atoms with E-state index in [2.05, 4.69) is 34.6 Å². The molecule has 0 fully saturated rings. The lowest BCUT2D eigenvalue weighted by Crippen LogP contribution is -2.13. The minimum atomic E-state index is -0.145. The Hall–Kier alpha value is -2.69. The summed E-state index contributed by atoms with van der Waals surface area (Å²) in [5.41, 5.74) is 3.95. The molecule has 1 heterocycles. The van der Waals surface area contributed by atoms with Gasteiger partial charge in [0.25, 0.3) is 5.91 Å². The molecule has 5 nitrogen and oxygen atoms in total. The molecule has 0 radical (unpaired) electrons. The zero-order valence-electron chi connectivity index (χ0n) is 11.9. The van der Waals surface area contributed by atoms with Crippen LogP contribution in [0.2, 0.25) is 0 Å². The Morgan fingerprint density at radius 2 is 1.86 bits per heavy atom. The molecule has 106 valence electrons. The van der Waals surface area contributed by atoms with Crippen molar-refractivity contribution >= 4 is 22.6 Å². The zero-order chi connectivity index (χ0) is 14.8. The molecule has 2 aromatic carbocycles. The van der Waals surface area contributed by atoms with Crippen molar-refractivity contribution in [3.05, 3.63) is 53.6 Å². The van der Waals surface area contributed by atoms with Crippen molar-refractivity contribution in [1.29, 1.82) is 0 Å². The minimum absolute atomic E-state index is 0.145. The Balaban J connectivity index is 1.89. The number of benzene rings is 2. The molecule has 0 saturated heterocycles. The second kappa shape index (κ2) is 5.36. The van der Waals surface area contributed by atoms with Crippen molar-refractivity contribution < 1.29 is 4.79 Å². The van der Waals surface area contributed by atoms with E-state index < -0.39 is 0 Å². The minimum Gasteiger partial charge on any atom is -0.322 e. The van der Waals surface area contributed by atoms with Crippen molar-refractivity contribution in [3.63, 3.8) is 0 Å². The van der Waals surface area contributed by atoms with Crippen LogP contribution >= 0.6 is 0 Å². The number of anilines is 1. The van der Waals surface area contributed by atoms with Gasteiger partial charge in [-0.3, -0.25) is 4.79 Å². The molecular weight excluding hydrogens is 264 g/mol. The fraction of sp³-hybridized carbons (Fsp3) is 0.188. The number of fused-ring (bicyclic) bond motifs is 1. The third-order valence-electron chi connectivity index (χ3n) is 3.41. The number of nitrogens with zero attached hydrogens (tertiary/aromatic N) is 2. The van der Waals surface area contributed by atoms with Crippen LogP contribution in [0.4, 0.5) is 5.69 Å². The van der Waals surface area contributed by atoms with Crippen LogP contribution in [-0.2, 0) is 0 Å². The smallest absolute Gasteiger partial charge is 0.255 e. The Labute approximate surface area is 122 Å². The number of aromatic amines is 1. The van der Waals surface area contributed by atoms with Gasteiger partial charge in [-0.2, -0.15) is 15.4 Å². The molecule has 2 N–H and O–H groups in total. The van der Waals surface area contributed by atoms with Gasteiger partial charge in [-0.1, -0.05) is 32.0 Å². The summed E-state index contributed by atoms with van der Waals surface area (Å²) in [5, 5.41) is 13.5. The molecule has 0 spiro atoms. The summed E-state index contributed by atoms with van der Waals surface area (Å²) in [6, 6.07) is 13.1. The summed E-state index contributed by atoms with van der Waals surface area (Å²) in [4.78, 5) is 12.4. The predicted molar refractivity (Wildman–Crippen MR) is 82.4 cm³/mol. The second-order valence-corrected chi connectivity index (χ2v) is 5.22. The Bertz CT molecular complexity index is 792. The van der Waals surface area contributed by atoms with Crippen LogP contribution < -0.4 is 5.32 Å². The number of H-pyrrole nitrogens is 1. The molecule has 0 aliphatic carbocycles. The van der Waals surface area contributed by atoms with E-state index in [0.717, 1.165) is 16.8 Å². The largest absolute Gasteiger partial charge is 0.322 e. The average molecular weight is 280 g/mol. The highest BCUT2D eigenvalue weighted by Gasteiger charge is 2.12. The van der Waals surface area contributed by atoms with Gasteiger partial charge >= 0.3 is 0 Å². The first-order chi connectivity index (χ1) is 10.1. The number of aromatic nitrogens is 3. The van der Waals surface area contributed by atoms with Gasteiger partial charge < -0.3 is 5.32 Å². The summed E-state index contributed by atoms with van der Waals surface area (Å²) in [6.45, 7) is 4.21. The highest BCUT2D eigenvalue weighted by molar-refractivity contribution is 6.06. The Kier molecular flexibility index (Phi) is 3.39. The molecular formula is C16H16N4O. The van der Waals surface area contributed by atoms with Crippen LogP contribution in [0.5, 0.6) is 0 Å². The summed E-state index contributed by atoms with van der Waals surface area (Å²) in [7, 11) is 0. The normalized spacial score (nSPS) is 11.0. The standard InChI is InChI=1S/C16H16N4O/c1-10(2)12-5-3-4-6-13(12)17-16(21)11-7-8-14-15(9-11)19-20-18-14/h3-10H,1-2H3,(H,17,21)(H,18,19,20). The molecule has 0 atom stereocenters. The van der Waals surface area contributed by atoms with Crippen LogP contribution in [0.3, 0.4) is 0 Å². The number of amides is 1. The maximum Gasteiger partial charge on any atom is 0.255 e. The topological polar surface area (TPSA) is 70.7 Å². The number of para-hydroxylation sites is 1. The molecule has 3 rings (SSSR count). The van der Waals surface area contributed by atoms with Crippen molar-refractivity contribution in [2.24, 2.45) is 0 Å². The Morgan fingerprint density at radius 3 is 2.67 bits per heavy atom. The summed E-state index contributed by atoms with van der Waals surface area (Å²) in [6.07, 6.45) is 0. The first kappa shape index (κ1) is 13.3. The molecule has 0 unspecified atom stereocenters. The SMILES string of the molecule is CC(C)c1ccccc1NC(=O)c1ccc2n[nH]nc2c1. The fourth-order valence-electron chi connectivity index (χ4n) is 2.29. The number of rotatable bonds is 3. The molecule has 3 aromatic rings. The highest BCUT2D eigenvalue weighted by atomic mass is 16.1. The van der Waals surface area contributed by atoms with E-state index in [1.165, 1.54) is 0 Å². The summed E-state index contributed by atoms with van der Waals surface area (Å²) >= 11 is 0. The van der Waals surface area contributed by atoms with Crippen LogP contribution in [0.1, 0.15) is 35.7 Å². The van der Waals surface area contributed by atoms with E-state index in [4.69, 9.17) is 0 Å². The molecule has 21 heavy (non-hydrogen) atoms. The van der Waals surface area contributed by atoms with Gasteiger partial charge in [0.1, 0.15) is 11.0 Å². The van der Waals surface area contributed by atoms with Crippen LogP contribution in [0.15, 0.2) is 42.5 Å². The maximum atomic E-state index is 12.4. The number of hydrogen-bond donors (Lipinski definition) is 2. The monoisotopic (exact) mass is 280 g/mol. The summed E-state index contributed by atoms with van der Waals surface area (Å²) < 4.78 is 0. The van der Waals surface area contributed by atoms with E-state index in [-0.39, 0.29) is 5.91 Å². The Morgan fingerprint density at radius 1 is 1.10 bits per heavy atom. The van der Waals surface area contributed by atoms with E-state index >= 15 is 0 Å². The van der Waals surface area contributed by atoms with E-state index in [9.17, 15) is 4.79 Å². The molecule has 0 bridgehead atoms. The first-order valence-corrected chi connectivity index (χ1v) is 6.86. The van der Waals surface area contributed by atoms with Crippen molar-refractivity contribution in [2.45, 2.75) is 19.8 Å². The van der Waals surface area contributed by atoms with Gasteiger partial charge in [-0.05, 0) is 35.7 Å². The molecule has 0 saturated carbocycles. The second-order valence-electron chi connectivity index (χ2n) is 5.22. The van der Waals surface area contributed by atoms with Crippen LogP contribution in [0.25, 0.3) is 11.0 Å². The third-order valence-corrected chi connectivity index (χ3v) is 3.41. The van der Waals surface area contributed by atoms with Crippen molar-refractivity contribution in [1.82, 2.24) is 15.4 Å². The highest BCUT2D eigenvalue weighted by Crippen LogP contribution is 2.24. The van der Waals surface area contributed by atoms with Crippen LogP contribution in [0, 0.1) is 0 Å². The average Bonchev–Trinajstić information content (AvgIpc) is 2.94. The van der Waals surface area contributed by atoms with Gasteiger partial charge in [0.05, 0.1) is 0 Å². The maximum absolute atomic E-state index is 12.4. The molecule has 1 aromatic heterocycles. The molecule has 0 aliphatic heterocycles. The molecule has 0 aliphatic rings. The third kappa shape index (κ3) is 2.63. The van der Waals surface area contributed by atoms with Gasteiger partial charge in [0.2, 0.25) is 0 Å².